The van der Waals surface area contributed by atoms with Gasteiger partial charge in [0.05, 0.1) is 0 Å². The van der Waals surface area contributed by atoms with E-state index in [1.54, 1.807) is 0 Å². The average Bonchev–Trinajstić information content (AvgIpc) is 3.08. The second kappa shape index (κ2) is 13.4. The fourth-order valence-electron chi connectivity index (χ4n) is 5.69. The summed E-state index contributed by atoms with van der Waals surface area (Å²) in [4.78, 5) is 0. The van der Waals surface area contributed by atoms with Gasteiger partial charge < -0.3 is 0 Å². The Kier molecular flexibility index (Phi) is 9.14. The molecule has 0 spiro atoms. The molecule has 0 aliphatic heterocycles. The first-order chi connectivity index (χ1) is 21.5. The van der Waals surface area contributed by atoms with E-state index in [9.17, 15) is 4.57 Å². The summed E-state index contributed by atoms with van der Waals surface area (Å²) in [5.41, 5.74) is 2.17. The predicted octanol–water partition coefficient (Wildman–Crippen LogP) is 10.7. The molecular formula is C38H29Cl2O3P. The first kappa shape index (κ1) is 30.1. The minimum atomic E-state index is -3.32. The highest BCUT2D eigenvalue weighted by atomic mass is 35.5. The molecular weight excluding hydrogens is 606 g/mol. The van der Waals surface area contributed by atoms with Crippen molar-refractivity contribution in [2.24, 2.45) is 0 Å². The highest BCUT2D eigenvalue weighted by Gasteiger charge is 2.44. The maximum atomic E-state index is 14.7. The lowest BCUT2D eigenvalue weighted by Gasteiger charge is -2.39. The van der Waals surface area contributed by atoms with Gasteiger partial charge in [0.15, 0.2) is 11.2 Å². The Morgan fingerprint density at radius 1 is 0.364 bits per heavy atom. The molecule has 0 radical (unpaired) electrons. The molecule has 6 heteroatoms. The minimum Gasteiger partial charge on any atom is -0.289 e. The van der Waals surface area contributed by atoms with Crippen molar-refractivity contribution in [1.82, 2.24) is 0 Å². The zero-order valence-electron chi connectivity index (χ0n) is 23.6. The molecule has 6 aromatic rings. The SMILES string of the molecule is O=[PH](OC(c1ccccc1)(c1ccccc1)c1ccc(Cl)cc1)OC(c1ccccc1)(c1ccccc1)c1ccc(Cl)cc1. The minimum absolute atomic E-state index is 0.586. The van der Waals surface area contributed by atoms with Crippen molar-refractivity contribution in [2.45, 2.75) is 11.2 Å². The van der Waals surface area contributed by atoms with Gasteiger partial charge >= 0.3 is 8.25 Å². The zero-order valence-corrected chi connectivity index (χ0v) is 26.2. The van der Waals surface area contributed by atoms with Gasteiger partial charge in [0, 0.05) is 10.0 Å². The number of rotatable bonds is 10. The fraction of sp³-hybridized carbons (Fsp3) is 0.0526. The lowest BCUT2D eigenvalue weighted by molar-refractivity contribution is 0.0829. The van der Waals surface area contributed by atoms with Crippen LogP contribution < -0.4 is 0 Å². The molecule has 6 aromatic carbocycles. The lowest BCUT2D eigenvalue weighted by Crippen LogP contribution is -2.34. The molecule has 0 bridgehead atoms. The first-order valence-corrected chi connectivity index (χ1v) is 16.2. The average molecular weight is 636 g/mol. The van der Waals surface area contributed by atoms with Crippen LogP contribution in [0, 0.1) is 0 Å². The van der Waals surface area contributed by atoms with E-state index in [4.69, 9.17) is 32.2 Å². The lowest BCUT2D eigenvalue weighted by atomic mass is 9.80. The van der Waals surface area contributed by atoms with Gasteiger partial charge in [-0.3, -0.25) is 13.6 Å². The molecule has 0 aliphatic rings. The summed E-state index contributed by atoms with van der Waals surface area (Å²) in [6, 6.07) is 53.9. The molecule has 0 saturated heterocycles. The highest BCUT2D eigenvalue weighted by Crippen LogP contribution is 2.53. The van der Waals surface area contributed by atoms with Crippen LogP contribution in [0.15, 0.2) is 170 Å². The maximum absolute atomic E-state index is 14.7. The molecule has 0 unspecified atom stereocenters. The standard InChI is InChI=1S/C38H29Cl2O3P/c39-35-25-21-33(22-26-35)37(29-13-5-1-6-14-29,30-15-7-2-8-16-30)42-44(41)43-38(31-17-9-3-10-18-31,32-19-11-4-12-20-32)34-23-27-36(40)28-24-34/h1-28,44H. The van der Waals surface area contributed by atoms with Gasteiger partial charge in [0.25, 0.3) is 0 Å². The molecule has 0 aromatic heterocycles. The predicted molar refractivity (Wildman–Crippen MR) is 180 cm³/mol. The molecule has 0 atom stereocenters. The smallest absolute Gasteiger partial charge is 0.289 e. The Morgan fingerprint density at radius 3 is 0.841 bits per heavy atom. The van der Waals surface area contributed by atoms with Gasteiger partial charge in [-0.25, -0.2) is 0 Å². The van der Waals surface area contributed by atoms with Crippen LogP contribution in [0.25, 0.3) is 0 Å². The number of benzene rings is 6. The Morgan fingerprint density at radius 2 is 0.591 bits per heavy atom. The summed E-state index contributed by atoms with van der Waals surface area (Å²) in [6.45, 7) is 0. The normalized spacial score (nSPS) is 11.9. The van der Waals surface area contributed by atoms with Crippen molar-refractivity contribution in [2.75, 3.05) is 0 Å². The van der Waals surface area contributed by atoms with E-state index in [0.29, 0.717) is 10.0 Å². The van der Waals surface area contributed by atoms with E-state index in [0.717, 1.165) is 33.4 Å². The van der Waals surface area contributed by atoms with Gasteiger partial charge in [0.1, 0.15) is 0 Å². The van der Waals surface area contributed by atoms with E-state index < -0.39 is 19.5 Å². The van der Waals surface area contributed by atoms with Crippen LogP contribution in [0.2, 0.25) is 10.0 Å². The second-order valence-electron chi connectivity index (χ2n) is 10.3. The van der Waals surface area contributed by atoms with Crippen molar-refractivity contribution in [3.8, 4) is 0 Å². The third kappa shape index (κ3) is 5.90. The van der Waals surface area contributed by atoms with Crippen molar-refractivity contribution in [3.05, 3.63) is 213 Å². The van der Waals surface area contributed by atoms with Gasteiger partial charge in [-0.1, -0.05) is 169 Å². The number of halogens is 2. The van der Waals surface area contributed by atoms with E-state index in [1.165, 1.54) is 0 Å². The van der Waals surface area contributed by atoms with Crippen LogP contribution in [0.3, 0.4) is 0 Å². The van der Waals surface area contributed by atoms with E-state index >= 15 is 0 Å². The molecule has 0 aliphatic carbocycles. The largest absolute Gasteiger partial charge is 0.322 e. The molecule has 3 nitrogen and oxygen atoms in total. The summed E-state index contributed by atoms with van der Waals surface area (Å²) >= 11 is 12.7. The monoisotopic (exact) mass is 634 g/mol. The van der Waals surface area contributed by atoms with Crippen LogP contribution in [0.5, 0.6) is 0 Å². The van der Waals surface area contributed by atoms with Gasteiger partial charge in [-0.2, -0.15) is 0 Å². The fourth-order valence-corrected chi connectivity index (χ4v) is 7.19. The van der Waals surface area contributed by atoms with Gasteiger partial charge in [0.2, 0.25) is 0 Å². The Hall–Kier alpha value is -3.95. The van der Waals surface area contributed by atoms with Gasteiger partial charge in [-0.15, -0.1) is 0 Å². The quantitative estimate of drug-likeness (QED) is 0.111. The van der Waals surface area contributed by atoms with Crippen molar-refractivity contribution in [3.63, 3.8) is 0 Å². The van der Waals surface area contributed by atoms with Crippen LogP contribution in [-0.2, 0) is 24.8 Å². The summed E-state index contributed by atoms with van der Waals surface area (Å²) in [5.74, 6) is 0. The topological polar surface area (TPSA) is 35.5 Å². The summed E-state index contributed by atoms with van der Waals surface area (Å²) in [5, 5.41) is 1.17. The first-order valence-electron chi connectivity index (χ1n) is 14.2. The molecule has 44 heavy (non-hydrogen) atoms. The van der Waals surface area contributed by atoms with Crippen molar-refractivity contribution in [1.29, 1.82) is 0 Å². The molecule has 0 heterocycles. The van der Waals surface area contributed by atoms with Crippen molar-refractivity contribution < 1.29 is 13.6 Å². The highest BCUT2D eigenvalue weighted by molar-refractivity contribution is 7.33. The molecule has 218 valence electrons. The Balaban J connectivity index is 1.56. The molecule has 6 rings (SSSR count). The zero-order chi connectivity index (χ0) is 30.4. The van der Waals surface area contributed by atoms with Crippen LogP contribution >= 0.6 is 31.5 Å². The van der Waals surface area contributed by atoms with E-state index in [1.807, 2.05) is 170 Å². The Labute approximate surface area is 268 Å². The molecule has 0 saturated carbocycles. The molecule has 0 N–H and O–H groups in total. The summed E-state index contributed by atoms with van der Waals surface area (Å²) in [7, 11) is -3.32. The third-order valence-corrected chi connectivity index (χ3v) is 9.15. The third-order valence-electron chi connectivity index (χ3n) is 7.70. The van der Waals surface area contributed by atoms with Crippen LogP contribution in [0.1, 0.15) is 33.4 Å². The van der Waals surface area contributed by atoms with E-state index in [-0.39, 0.29) is 0 Å². The number of hydrogen-bond donors (Lipinski definition) is 0. The molecule has 0 amide bonds. The summed E-state index contributed by atoms with van der Waals surface area (Å²) in [6.07, 6.45) is 0. The van der Waals surface area contributed by atoms with E-state index in [2.05, 4.69) is 0 Å². The number of hydrogen-bond acceptors (Lipinski definition) is 3. The second-order valence-corrected chi connectivity index (χ2v) is 12.1. The van der Waals surface area contributed by atoms with Gasteiger partial charge in [-0.05, 0) is 57.6 Å². The molecule has 0 fully saturated rings. The van der Waals surface area contributed by atoms with Crippen LogP contribution in [-0.4, -0.2) is 0 Å². The Bertz CT molecular complexity index is 1600. The van der Waals surface area contributed by atoms with Crippen LogP contribution in [0.4, 0.5) is 0 Å². The van der Waals surface area contributed by atoms with Crippen molar-refractivity contribution >= 4 is 31.5 Å². The summed E-state index contributed by atoms with van der Waals surface area (Å²) < 4.78 is 28.4. The maximum Gasteiger partial charge on any atom is 0.322 e.